The van der Waals surface area contributed by atoms with Gasteiger partial charge in [-0.25, -0.2) is 9.97 Å². The van der Waals surface area contributed by atoms with Crippen LogP contribution in [0.4, 0.5) is 0 Å². The molecule has 0 spiro atoms. The molecule has 3 aromatic heterocycles. The maximum Gasteiger partial charge on any atom is 0.184 e. The fourth-order valence-corrected chi connectivity index (χ4v) is 6.77. The summed E-state index contributed by atoms with van der Waals surface area (Å²) in [7, 11) is 0. The first-order valence-electron chi connectivity index (χ1n) is 15.3. The van der Waals surface area contributed by atoms with E-state index < -0.39 is 0 Å². The molecule has 0 amide bonds. The highest BCUT2D eigenvalue weighted by atomic mass is 15.1. The molecule has 0 unspecified atom stereocenters. The van der Waals surface area contributed by atoms with E-state index in [9.17, 15) is 5.26 Å². The Balaban J connectivity index is 1.43. The molecule has 9 aromatic rings. The second-order valence-electron chi connectivity index (χ2n) is 11.4. The topological polar surface area (TPSA) is 59.4 Å². The molecular weight excluding hydrogens is 562 g/mol. The van der Waals surface area contributed by atoms with Crippen LogP contribution in [0.15, 0.2) is 152 Å². The van der Waals surface area contributed by atoms with Gasteiger partial charge in [0.1, 0.15) is 6.07 Å². The number of hydrogen-bond acceptors (Lipinski definition) is 3. The van der Waals surface area contributed by atoms with Crippen molar-refractivity contribution < 1.29 is 0 Å². The molecule has 9 rings (SSSR count). The summed E-state index contributed by atoms with van der Waals surface area (Å²) >= 11 is 0. The molecule has 0 bridgehead atoms. The number of fused-ring (bicyclic) bond motifs is 6. The van der Waals surface area contributed by atoms with Gasteiger partial charge < -0.3 is 4.57 Å². The number of hydrogen-bond donors (Lipinski definition) is 0. The lowest BCUT2D eigenvalue weighted by atomic mass is 10.0. The van der Waals surface area contributed by atoms with E-state index in [0.29, 0.717) is 11.5 Å². The zero-order valence-electron chi connectivity index (χ0n) is 24.7. The molecule has 0 aliphatic carbocycles. The Labute approximate surface area is 264 Å². The van der Waals surface area contributed by atoms with Crippen molar-refractivity contribution in [1.29, 1.82) is 5.26 Å². The van der Waals surface area contributed by atoms with E-state index in [-0.39, 0.29) is 5.69 Å². The third kappa shape index (κ3) is 3.88. The highest BCUT2D eigenvalue weighted by molar-refractivity contribution is 6.19. The van der Waals surface area contributed by atoms with Crippen LogP contribution in [-0.4, -0.2) is 19.1 Å². The van der Waals surface area contributed by atoms with Gasteiger partial charge >= 0.3 is 0 Å². The van der Waals surface area contributed by atoms with Gasteiger partial charge in [-0.3, -0.25) is 4.57 Å². The molecule has 3 heterocycles. The van der Waals surface area contributed by atoms with E-state index in [1.807, 2.05) is 72.8 Å². The third-order valence-corrected chi connectivity index (χ3v) is 8.77. The Hall–Kier alpha value is -6.51. The van der Waals surface area contributed by atoms with Gasteiger partial charge in [0.25, 0.3) is 0 Å². The molecule has 0 atom stereocenters. The van der Waals surface area contributed by atoms with Crippen molar-refractivity contribution in [3.63, 3.8) is 0 Å². The quantitative estimate of drug-likeness (QED) is 0.206. The van der Waals surface area contributed by atoms with Gasteiger partial charge in [0.2, 0.25) is 0 Å². The number of nitrogens with zero attached hydrogens (tertiary/aromatic N) is 5. The summed E-state index contributed by atoms with van der Waals surface area (Å²) in [6, 6.07) is 54.3. The Morgan fingerprint density at radius 1 is 0.435 bits per heavy atom. The van der Waals surface area contributed by atoms with Crippen molar-refractivity contribution >= 4 is 43.6 Å². The number of benzene rings is 6. The van der Waals surface area contributed by atoms with Crippen molar-refractivity contribution in [3.8, 4) is 40.1 Å². The maximum atomic E-state index is 10.6. The zero-order valence-corrected chi connectivity index (χ0v) is 24.7. The van der Waals surface area contributed by atoms with Crippen molar-refractivity contribution in [2.24, 2.45) is 0 Å². The van der Waals surface area contributed by atoms with E-state index in [0.717, 1.165) is 55.3 Å². The second-order valence-corrected chi connectivity index (χ2v) is 11.4. The fraction of sp³-hybridized carbons (Fsp3) is 0. The van der Waals surface area contributed by atoms with Gasteiger partial charge in [-0.05, 0) is 36.4 Å². The van der Waals surface area contributed by atoms with Gasteiger partial charge in [0.15, 0.2) is 11.5 Å². The third-order valence-electron chi connectivity index (χ3n) is 8.77. The molecule has 46 heavy (non-hydrogen) atoms. The number of rotatable bonds is 4. The molecule has 5 nitrogen and oxygen atoms in total. The highest BCUT2D eigenvalue weighted by Gasteiger charge is 2.23. The summed E-state index contributed by atoms with van der Waals surface area (Å²) in [5.41, 5.74) is 8.77. The summed E-state index contributed by atoms with van der Waals surface area (Å²) < 4.78 is 4.43. The fourth-order valence-electron chi connectivity index (χ4n) is 6.77. The van der Waals surface area contributed by atoms with Crippen LogP contribution in [0, 0.1) is 11.3 Å². The van der Waals surface area contributed by atoms with Gasteiger partial charge in [0.05, 0.1) is 33.5 Å². The smallest absolute Gasteiger partial charge is 0.184 e. The van der Waals surface area contributed by atoms with Crippen LogP contribution in [0.25, 0.3) is 77.6 Å². The SMILES string of the molecule is N#Cc1nc(-c2ccccc2)c(-c2ccccc2)nc1-n1c2ccccc2c2cc3c4ccccc4n(-c4ccccc4)c3cc21. The average Bonchev–Trinajstić information content (AvgIpc) is 3.63. The van der Waals surface area contributed by atoms with Crippen LogP contribution >= 0.6 is 0 Å². The predicted octanol–water partition coefficient (Wildman–Crippen LogP) is 9.88. The van der Waals surface area contributed by atoms with E-state index in [1.165, 1.54) is 10.8 Å². The van der Waals surface area contributed by atoms with Crippen LogP contribution in [-0.2, 0) is 0 Å². The lowest BCUT2D eigenvalue weighted by Gasteiger charge is -2.15. The average molecular weight is 588 g/mol. The molecule has 0 aliphatic rings. The summed E-state index contributed by atoms with van der Waals surface area (Å²) in [4.78, 5) is 10.3. The summed E-state index contributed by atoms with van der Waals surface area (Å²) in [6.07, 6.45) is 0. The largest absolute Gasteiger partial charge is 0.309 e. The Bertz CT molecular complexity index is 2630. The van der Waals surface area contributed by atoms with Crippen LogP contribution in [0.5, 0.6) is 0 Å². The van der Waals surface area contributed by atoms with Crippen LogP contribution < -0.4 is 0 Å². The van der Waals surface area contributed by atoms with Crippen LogP contribution in [0.2, 0.25) is 0 Å². The van der Waals surface area contributed by atoms with Crippen molar-refractivity contribution in [1.82, 2.24) is 19.1 Å². The monoisotopic (exact) mass is 587 g/mol. The summed E-state index contributed by atoms with van der Waals surface area (Å²) in [5, 5.41) is 15.1. The molecule has 0 saturated heterocycles. The molecule has 0 aliphatic heterocycles. The standard InChI is InChI=1S/C41H25N5/c42-26-34-41(44-40(28-16-6-2-7-17-28)39(43-34)27-14-4-1-5-15-27)46-36-23-13-11-21-31(36)33-24-32-30-20-10-12-22-35(30)45(37(32)25-38(33)46)29-18-8-3-9-19-29/h1-25H. The minimum Gasteiger partial charge on any atom is -0.309 e. The zero-order chi connectivity index (χ0) is 30.6. The van der Waals surface area contributed by atoms with Gasteiger partial charge in [-0.2, -0.15) is 5.26 Å². The number of aromatic nitrogens is 4. The predicted molar refractivity (Wildman–Crippen MR) is 186 cm³/mol. The molecule has 0 N–H and O–H groups in total. The maximum absolute atomic E-state index is 10.6. The van der Waals surface area contributed by atoms with Gasteiger partial charge in [-0.15, -0.1) is 0 Å². The summed E-state index contributed by atoms with van der Waals surface area (Å²) in [5.74, 6) is 0.508. The minimum absolute atomic E-state index is 0.268. The molecule has 6 aromatic carbocycles. The summed E-state index contributed by atoms with van der Waals surface area (Å²) in [6.45, 7) is 0. The van der Waals surface area contributed by atoms with Gasteiger partial charge in [-0.1, -0.05) is 115 Å². The molecule has 0 fully saturated rings. The number of para-hydroxylation sites is 3. The number of nitriles is 1. The van der Waals surface area contributed by atoms with Crippen LogP contribution in [0.1, 0.15) is 5.69 Å². The molecule has 5 heteroatoms. The second kappa shape index (κ2) is 10.3. The molecule has 214 valence electrons. The van der Waals surface area contributed by atoms with Crippen LogP contribution in [0.3, 0.4) is 0 Å². The normalized spacial score (nSPS) is 11.5. The van der Waals surface area contributed by atoms with E-state index in [4.69, 9.17) is 9.97 Å². The van der Waals surface area contributed by atoms with Crippen molar-refractivity contribution in [2.45, 2.75) is 0 Å². The van der Waals surface area contributed by atoms with E-state index in [2.05, 4.69) is 94.1 Å². The first kappa shape index (κ1) is 25.9. The van der Waals surface area contributed by atoms with E-state index >= 15 is 0 Å². The Kier molecular flexibility index (Phi) is 5.81. The lowest BCUT2D eigenvalue weighted by molar-refractivity contribution is 1.03. The van der Waals surface area contributed by atoms with Crippen molar-refractivity contribution in [3.05, 3.63) is 157 Å². The Morgan fingerprint density at radius 3 is 1.50 bits per heavy atom. The first-order valence-corrected chi connectivity index (χ1v) is 15.3. The Morgan fingerprint density at radius 2 is 0.913 bits per heavy atom. The van der Waals surface area contributed by atoms with Gasteiger partial charge in [0, 0.05) is 38.4 Å². The van der Waals surface area contributed by atoms with E-state index in [1.54, 1.807) is 0 Å². The molecular formula is C41H25N5. The van der Waals surface area contributed by atoms with Crippen molar-refractivity contribution in [2.75, 3.05) is 0 Å². The molecule has 0 radical (unpaired) electrons. The highest BCUT2D eigenvalue weighted by Crippen LogP contribution is 2.40. The first-order chi connectivity index (χ1) is 22.8. The molecule has 0 saturated carbocycles. The minimum atomic E-state index is 0.268. The lowest BCUT2D eigenvalue weighted by Crippen LogP contribution is -2.07.